The number of nitrogens with zero attached hydrogens (tertiary/aromatic N) is 5. The van der Waals surface area contributed by atoms with Crippen molar-refractivity contribution in [3.05, 3.63) is 74.7 Å². The predicted molar refractivity (Wildman–Crippen MR) is 145 cm³/mol. The normalized spacial score (nSPS) is 19.3. The zero-order chi connectivity index (χ0) is 28.0. The molecule has 5 rings (SSSR count). The molecule has 0 unspecified atom stereocenters. The van der Waals surface area contributed by atoms with Crippen molar-refractivity contribution in [3.63, 3.8) is 0 Å². The third-order valence-electron chi connectivity index (χ3n) is 7.46. The molecule has 12 heteroatoms. The van der Waals surface area contributed by atoms with E-state index in [0.29, 0.717) is 39.8 Å². The molecule has 1 N–H and O–H groups in total. The smallest absolute Gasteiger partial charge is 0.273 e. The number of carbonyl (C=O) groups excluding carboxylic acids is 3. The van der Waals surface area contributed by atoms with Crippen molar-refractivity contribution in [1.82, 2.24) is 29.9 Å². The summed E-state index contributed by atoms with van der Waals surface area (Å²) in [7, 11) is 3.09. The van der Waals surface area contributed by atoms with Crippen molar-refractivity contribution >= 4 is 40.9 Å². The van der Waals surface area contributed by atoms with E-state index >= 15 is 0 Å². The second kappa shape index (κ2) is 10.5. The number of likely N-dealkylation sites (N-methyl/N-ethyl adjacent to an activating group) is 1. The molecule has 2 aliphatic rings. The second-order valence-corrected chi connectivity index (χ2v) is 10.5. The van der Waals surface area contributed by atoms with E-state index < -0.39 is 6.04 Å². The third-order valence-corrected chi connectivity index (χ3v) is 8.20. The first-order chi connectivity index (χ1) is 18.6. The molecular formula is C27H28Cl2N6O4. The Labute approximate surface area is 235 Å². The number of hydrogen-bond donors (Lipinski definition) is 1. The number of halogens is 2. The molecular weight excluding hydrogens is 543 g/mol. The van der Waals surface area contributed by atoms with Gasteiger partial charge in [0.25, 0.3) is 11.8 Å². The largest absolute Gasteiger partial charge is 0.481 e. The molecule has 0 radical (unpaired) electrons. The number of aromatic nitrogens is 3. The molecule has 1 aromatic carbocycles. The van der Waals surface area contributed by atoms with Crippen molar-refractivity contribution < 1.29 is 19.1 Å². The minimum absolute atomic E-state index is 0.140. The maximum atomic E-state index is 14.0. The molecule has 3 aromatic rings. The average Bonchev–Trinajstić information content (AvgIpc) is 3.31. The van der Waals surface area contributed by atoms with Crippen LogP contribution in [0, 0.1) is 0 Å². The fourth-order valence-corrected chi connectivity index (χ4v) is 5.50. The van der Waals surface area contributed by atoms with Crippen LogP contribution in [0.25, 0.3) is 0 Å². The fraction of sp³-hybridized carbons (Fsp3) is 0.370. The topological polar surface area (TPSA) is 110 Å². The van der Waals surface area contributed by atoms with Crippen LogP contribution >= 0.6 is 23.2 Å². The molecule has 204 valence electrons. The van der Waals surface area contributed by atoms with Gasteiger partial charge in [0, 0.05) is 42.9 Å². The Hall–Kier alpha value is -3.63. The van der Waals surface area contributed by atoms with Gasteiger partial charge in [0.15, 0.2) is 0 Å². The lowest BCUT2D eigenvalue weighted by atomic mass is 9.96. The lowest BCUT2D eigenvalue weighted by Crippen LogP contribution is -2.49. The van der Waals surface area contributed by atoms with E-state index in [-0.39, 0.29) is 47.9 Å². The van der Waals surface area contributed by atoms with Gasteiger partial charge in [-0.25, -0.2) is 9.67 Å². The van der Waals surface area contributed by atoms with E-state index in [1.165, 1.54) is 11.8 Å². The molecule has 2 aliphatic heterocycles. The van der Waals surface area contributed by atoms with E-state index in [4.69, 9.17) is 33.0 Å². The highest BCUT2D eigenvalue weighted by Crippen LogP contribution is 2.36. The summed E-state index contributed by atoms with van der Waals surface area (Å²) < 4.78 is 6.69. The molecule has 0 fully saturated rings. The average molecular weight is 571 g/mol. The highest BCUT2D eigenvalue weighted by molar-refractivity contribution is 6.42. The third kappa shape index (κ3) is 4.72. The summed E-state index contributed by atoms with van der Waals surface area (Å²) in [5.74, 6) is -0.284. The minimum atomic E-state index is -0.725. The molecule has 2 aromatic heterocycles. The Morgan fingerprint density at radius 1 is 1.18 bits per heavy atom. The molecule has 4 heterocycles. The highest BCUT2D eigenvalue weighted by atomic mass is 35.5. The monoisotopic (exact) mass is 570 g/mol. The number of pyridine rings is 1. The summed E-state index contributed by atoms with van der Waals surface area (Å²) in [6.07, 6.45) is 2.10. The van der Waals surface area contributed by atoms with E-state index in [2.05, 4.69) is 10.3 Å². The van der Waals surface area contributed by atoms with Crippen LogP contribution in [0.4, 0.5) is 0 Å². The first-order valence-electron chi connectivity index (χ1n) is 12.5. The van der Waals surface area contributed by atoms with E-state index in [9.17, 15) is 14.4 Å². The molecule has 3 atom stereocenters. The molecule has 39 heavy (non-hydrogen) atoms. The molecule has 0 spiro atoms. The SMILES string of the molecule is CNC(=O)[C@@H]1CN([C@H](C)c2ccc(OC)nc2)C(=O)c2c3c(nn21)C[C@@H](C)N(C(=O)c1ccc(Cl)c(Cl)c1)C3. The number of hydrogen-bond acceptors (Lipinski definition) is 6. The van der Waals surface area contributed by atoms with Gasteiger partial charge in [-0.3, -0.25) is 14.4 Å². The molecule has 10 nitrogen and oxygen atoms in total. The number of benzene rings is 1. The van der Waals surface area contributed by atoms with Crippen LogP contribution in [0.3, 0.4) is 0 Å². The quantitative estimate of drug-likeness (QED) is 0.501. The van der Waals surface area contributed by atoms with Crippen LogP contribution in [-0.4, -0.2) is 69.0 Å². The van der Waals surface area contributed by atoms with Gasteiger partial charge in [-0.1, -0.05) is 29.3 Å². The lowest BCUT2D eigenvalue weighted by Gasteiger charge is -2.37. The molecule has 0 saturated carbocycles. The van der Waals surface area contributed by atoms with E-state index in [1.54, 1.807) is 47.3 Å². The predicted octanol–water partition coefficient (Wildman–Crippen LogP) is 3.68. The summed E-state index contributed by atoms with van der Waals surface area (Å²) in [6.45, 7) is 4.13. The van der Waals surface area contributed by atoms with Crippen molar-refractivity contribution in [2.75, 3.05) is 20.7 Å². The Morgan fingerprint density at radius 3 is 2.59 bits per heavy atom. The minimum Gasteiger partial charge on any atom is -0.481 e. The van der Waals surface area contributed by atoms with Crippen molar-refractivity contribution in [3.8, 4) is 5.88 Å². The van der Waals surface area contributed by atoms with Crippen LogP contribution in [0.1, 0.15) is 63.6 Å². The number of rotatable bonds is 5. The first-order valence-corrected chi connectivity index (χ1v) is 13.3. The van der Waals surface area contributed by atoms with Gasteiger partial charge in [-0.2, -0.15) is 5.10 Å². The van der Waals surface area contributed by atoms with Gasteiger partial charge in [-0.15, -0.1) is 0 Å². The standard InChI is InChI=1S/C27H28Cl2N6O4/c1-14-9-21-18(12-33(14)26(37)16-5-7-19(28)20(29)10-16)24-27(38)34(13-22(25(36)30-3)35(24)32-21)15(2)17-6-8-23(39-4)31-11-17/h5-8,10-11,14-15,22H,9,12-13H2,1-4H3,(H,30,36)/t14-,15-,22+/m1/s1. The van der Waals surface area contributed by atoms with Gasteiger partial charge in [0.1, 0.15) is 11.7 Å². The highest BCUT2D eigenvalue weighted by Gasteiger charge is 2.43. The van der Waals surface area contributed by atoms with Crippen molar-refractivity contribution in [2.45, 2.75) is 44.9 Å². The Bertz CT molecular complexity index is 1460. The Balaban J connectivity index is 1.53. The Morgan fingerprint density at radius 2 is 1.95 bits per heavy atom. The number of nitrogens with one attached hydrogen (secondary N) is 1. The summed E-state index contributed by atoms with van der Waals surface area (Å²) in [6, 6.07) is 7.05. The van der Waals surface area contributed by atoms with Gasteiger partial charge >= 0.3 is 0 Å². The molecule has 3 amide bonds. The Kier molecular flexibility index (Phi) is 7.26. The number of methoxy groups -OCH3 is 1. The number of amides is 3. The van der Waals surface area contributed by atoms with Crippen molar-refractivity contribution in [2.24, 2.45) is 0 Å². The van der Waals surface area contributed by atoms with Crippen LogP contribution < -0.4 is 10.1 Å². The maximum Gasteiger partial charge on any atom is 0.273 e. The van der Waals surface area contributed by atoms with Gasteiger partial charge in [0.2, 0.25) is 11.8 Å². The molecule has 0 saturated heterocycles. The number of ether oxygens (including phenoxy) is 1. The van der Waals surface area contributed by atoms with Gasteiger partial charge in [-0.05, 0) is 37.6 Å². The summed E-state index contributed by atoms with van der Waals surface area (Å²) >= 11 is 12.2. The zero-order valence-electron chi connectivity index (χ0n) is 21.9. The first kappa shape index (κ1) is 27.0. The van der Waals surface area contributed by atoms with Crippen LogP contribution in [-0.2, 0) is 17.8 Å². The second-order valence-electron chi connectivity index (χ2n) is 9.73. The summed E-state index contributed by atoms with van der Waals surface area (Å²) in [4.78, 5) is 48.1. The van der Waals surface area contributed by atoms with Gasteiger partial charge in [0.05, 0.1) is 42.0 Å². The lowest BCUT2D eigenvalue weighted by molar-refractivity contribution is -0.125. The van der Waals surface area contributed by atoms with Crippen molar-refractivity contribution in [1.29, 1.82) is 0 Å². The fourth-order valence-electron chi connectivity index (χ4n) is 5.20. The van der Waals surface area contributed by atoms with Gasteiger partial charge < -0.3 is 19.9 Å². The van der Waals surface area contributed by atoms with Crippen LogP contribution in [0.15, 0.2) is 36.5 Å². The summed E-state index contributed by atoms with van der Waals surface area (Å²) in [5, 5.41) is 8.07. The maximum absolute atomic E-state index is 14.0. The zero-order valence-corrected chi connectivity index (χ0v) is 23.5. The number of carbonyl (C=O) groups is 3. The molecule has 0 bridgehead atoms. The summed E-state index contributed by atoms with van der Waals surface area (Å²) in [5.41, 5.74) is 2.87. The molecule has 0 aliphatic carbocycles. The van der Waals surface area contributed by atoms with E-state index in [1.807, 2.05) is 19.9 Å². The van der Waals surface area contributed by atoms with E-state index in [0.717, 1.165) is 5.56 Å². The van der Waals surface area contributed by atoms with Crippen LogP contribution in [0.5, 0.6) is 5.88 Å². The van der Waals surface area contributed by atoms with Crippen LogP contribution in [0.2, 0.25) is 10.0 Å². The number of fused-ring (bicyclic) bond motifs is 3.